The Balaban J connectivity index is 2.35. The molecule has 0 aliphatic carbocycles. The van der Waals surface area contributed by atoms with Crippen LogP contribution in [0.3, 0.4) is 0 Å². The van der Waals surface area contributed by atoms with Crippen LogP contribution in [-0.4, -0.2) is 8.42 Å². The monoisotopic (exact) mass is 270 g/mol. The number of benzene rings is 1. The summed E-state index contributed by atoms with van der Waals surface area (Å²) in [7, 11) is -4.06. The van der Waals surface area contributed by atoms with Crippen LogP contribution < -0.4 is 10.8 Å². The lowest BCUT2D eigenvalue weighted by Gasteiger charge is -2.12. The Hall–Kier alpha value is -0.570. The van der Waals surface area contributed by atoms with Crippen molar-refractivity contribution in [2.75, 3.05) is 5.17 Å². The van der Waals surface area contributed by atoms with Crippen molar-refractivity contribution in [1.29, 1.82) is 0 Å². The van der Waals surface area contributed by atoms with E-state index in [0.717, 1.165) is 5.17 Å². The van der Waals surface area contributed by atoms with Crippen molar-refractivity contribution in [2.24, 2.45) is 0 Å². The zero-order valence-corrected chi connectivity index (χ0v) is 9.30. The Morgan fingerprint density at radius 2 is 2.07 bits per heavy atom. The van der Waals surface area contributed by atoms with Crippen LogP contribution in [0.1, 0.15) is 0 Å². The molecule has 1 N–H and O–H groups in total. The lowest BCUT2D eigenvalue weighted by molar-refractivity contribution is 0.198. The molecule has 0 bridgehead atoms. The van der Waals surface area contributed by atoms with E-state index in [1.54, 1.807) is 6.07 Å². The second-order valence-electron chi connectivity index (χ2n) is 2.55. The third-order valence-electron chi connectivity index (χ3n) is 1.52. The van der Waals surface area contributed by atoms with Gasteiger partial charge in [-0.25, -0.2) is 0 Å². The number of halogens is 2. The molecule has 6 nitrogen and oxygen atoms in total. The summed E-state index contributed by atoms with van der Waals surface area (Å²) in [5, 5.41) is 1.39. The molecule has 0 unspecified atom stereocenters. The summed E-state index contributed by atoms with van der Waals surface area (Å²) >= 11 is 11.5. The summed E-state index contributed by atoms with van der Waals surface area (Å²) in [6.07, 6.45) is 0. The predicted molar refractivity (Wildman–Crippen MR) is 53.2 cm³/mol. The Morgan fingerprint density at radius 1 is 1.33 bits per heavy atom. The fourth-order valence-corrected chi connectivity index (χ4v) is 1.78. The van der Waals surface area contributed by atoms with Crippen molar-refractivity contribution in [3.05, 3.63) is 28.2 Å². The number of nitrogens with zero attached hydrogens (tertiary/aromatic N) is 1. The van der Waals surface area contributed by atoms with E-state index in [1.807, 2.05) is 5.59 Å². The number of nitrogens with one attached hydrogen (secondary N) is 1. The van der Waals surface area contributed by atoms with Crippen LogP contribution in [0.25, 0.3) is 0 Å². The third-order valence-corrected chi connectivity index (χ3v) is 2.68. The molecule has 0 atom stereocenters. The summed E-state index contributed by atoms with van der Waals surface area (Å²) in [5.74, 6) is 0. The zero-order chi connectivity index (χ0) is 11.1. The second-order valence-corrected chi connectivity index (χ2v) is 4.52. The molecule has 15 heavy (non-hydrogen) atoms. The molecule has 1 fully saturated rings. The van der Waals surface area contributed by atoms with Crippen molar-refractivity contribution in [2.45, 2.75) is 0 Å². The summed E-state index contributed by atoms with van der Waals surface area (Å²) in [6.45, 7) is 0. The third kappa shape index (κ3) is 2.33. The number of anilines is 1. The van der Waals surface area contributed by atoms with Gasteiger partial charge in [0.2, 0.25) is 0 Å². The van der Waals surface area contributed by atoms with Gasteiger partial charge in [0, 0.05) is 5.02 Å². The van der Waals surface area contributed by atoms with Gasteiger partial charge in [-0.1, -0.05) is 28.8 Å². The number of rotatable bonds is 1. The molecule has 0 radical (unpaired) electrons. The number of hydrogen-bond acceptors (Lipinski definition) is 6. The van der Waals surface area contributed by atoms with Gasteiger partial charge in [-0.2, -0.15) is 8.42 Å². The highest BCUT2D eigenvalue weighted by molar-refractivity contribution is 7.82. The van der Waals surface area contributed by atoms with Gasteiger partial charge in [-0.3, -0.25) is 0 Å². The molecular weight excluding hydrogens is 267 g/mol. The molecule has 0 amide bonds. The Morgan fingerprint density at radius 3 is 2.67 bits per heavy atom. The normalized spacial score (nSPS) is 19.5. The van der Waals surface area contributed by atoms with Crippen molar-refractivity contribution in [3.8, 4) is 0 Å². The maximum Gasteiger partial charge on any atom is 0.440 e. The SMILES string of the molecule is O=S1(=O)ONN(c2cc(Cl)ccc2Cl)O1. The van der Waals surface area contributed by atoms with Crippen LogP contribution in [0.4, 0.5) is 5.69 Å². The first-order valence-electron chi connectivity index (χ1n) is 3.62. The molecule has 1 aliphatic rings. The van der Waals surface area contributed by atoms with E-state index < -0.39 is 10.4 Å². The quantitative estimate of drug-likeness (QED) is 0.833. The van der Waals surface area contributed by atoms with Crippen LogP contribution >= 0.6 is 23.2 Å². The van der Waals surface area contributed by atoms with Gasteiger partial charge < -0.3 is 0 Å². The molecule has 82 valence electrons. The van der Waals surface area contributed by atoms with E-state index in [9.17, 15) is 8.42 Å². The van der Waals surface area contributed by atoms with Gasteiger partial charge in [-0.15, -0.1) is 13.7 Å². The molecule has 0 aromatic heterocycles. The largest absolute Gasteiger partial charge is 0.440 e. The average Bonchev–Trinajstić information content (AvgIpc) is 2.50. The molecular formula is C6H4Cl2N2O4S. The van der Waals surface area contributed by atoms with E-state index in [-0.39, 0.29) is 10.7 Å². The summed E-state index contributed by atoms with van der Waals surface area (Å²) in [6, 6.07) is 4.47. The van der Waals surface area contributed by atoms with E-state index in [2.05, 4.69) is 8.57 Å². The highest BCUT2D eigenvalue weighted by Gasteiger charge is 2.30. The maximum atomic E-state index is 10.8. The Labute approximate surface area is 95.5 Å². The first-order valence-corrected chi connectivity index (χ1v) is 5.71. The summed E-state index contributed by atoms with van der Waals surface area (Å²) in [5.41, 5.74) is 2.24. The van der Waals surface area contributed by atoms with Gasteiger partial charge in [0.25, 0.3) is 0 Å². The maximum absolute atomic E-state index is 10.8. The molecule has 1 aromatic rings. The minimum atomic E-state index is -4.06. The van der Waals surface area contributed by atoms with Crippen LogP contribution in [0.5, 0.6) is 0 Å². The van der Waals surface area contributed by atoms with E-state index in [1.165, 1.54) is 12.1 Å². The molecule has 0 saturated carbocycles. The van der Waals surface area contributed by atoms with Gasteiger partial charge >= 0.3 is 10.4 Å². The van der Waals surface area contributed by atoms with Crippen molar-refractivity contribution in [3.63, 3.8) is 0 Å². The Bertz CT molecular complexity index is 492. The molecule has 2 rings (SSSR count). The van der Waals surface area contributed by atoms with Crippen LogP contribution in [0, 0.1) is 0 Å². The van der Waals surface area contributed by atoms with Crippen LogP contribution in [0.15, 0.2) is 18.2 Å². The van der Waals surface area contributed by atoms with Crippen LogP contribution in [-0.2, 0) is 19.0 Å². The second kappa shape index (κ2) is 3.78. The summed E-state index contributed by atoms with van der Waals surface area (Å²) < 4.78 is 30.1. The van der Waals surface area contributed by atoms with E-state index >= 15 is 0 Å². The van der Waals surface area contributed by atoms with Crippen LogP contribution in [0.2, 0.25) is 10.0 Å². The Kier molecular flexibility index (Phi) is 2.75. The average molecular weight is 271 g/mol. The van der Waals surface area contributed by atoms with Gasteiger partial charge in [-0.05, 0) is 18.2 Å². The molecule has 0 spiro atoms. The smallest absolute Gasteiger partial charge is 0.165 e. The molecule has 1 aromatic carbocycles. The first kappa shape index (κ1) is 10.9. The lowest BCUT2D eigenvalue weighted by atomic mass is 10.3. The minimum absolute atomic E-state index is 0.227. The first-order chi connectivity index (χ1) is 6.98. The summed E-state index contributed by atoms with van der Waals surface area (Å²) in [4.78, 5) is 0. The molecule has 1 heterocycles. The van der Waals surface area contributed by atoms with Crippen molar-refractivity contribution < 1.29 is 17.0 Å². The zero-order valence-electron chi connectivity index (χ0n) is 6.98. The highest BCUT2D eigenvalue weighted by Crippen LogP contribution is 2.30. The molecule has 1 aliphatic heterocycles. The predicted octanol–water partition coefficient (Wildman–Crippen LogP) is 1.43. The topological polar surface area (TPSA) is 67.9 Å². The van der Waals surface area contributed by atoms with Crippen molar-refractivity contribution >= 4 is 39.3 Å². The van der Waals surface area contributed by atoms with E-state index in [0.29, 0.717) is 5.02 Å². The standard InChI is InChI=1S/C6H4Cl2N2O4S/c7-4-1-2-5(8)6(3-4)10-9-13-15(11,12)14-10/h1-3,9H. The fraction of sp³-hybridized carbons (Fsp3) is 0. The number of hydrazine groups is 1. The molecule has 9 heteroatoms. The minimum Gasteiger partial charge on any atom is -0.165 e. The van der Waals surface area contributed by atoms with Crippen molar-refractivity contribution in [1.82, 2.24) is 5.59 Å². The number of hydrogen-bond donors (Lipinski definition) is 1. The fourth-order valence-electron chi connectivity index (χ4n) is 0.932. The van der Waals surface area contributed by atoms with E-state index in [4.69, 9.17) is 23.2 Å². The molecule has 1 saturated heterocycles. The van der Waals surface area contributed by atoms with Gasteiger partial charge in [0.1, 0.15) is 5.69 Å². The lowest BCUT2D eigenvalue weighted by Crippen LogP contribution is -2.28. The van der Waals surface area contributed by atoms with Gasteiger partial charge in [0.05, 0.1) is 5.02 Å². The highest BCUT2D eigenvalue weighted by atomic mass is 35.5. The van der Waals surface area contributed by atoms with Gasteiger partial charge in [0.15, 0.2) is 0 Å².